The fourth-order valence-corrected chi connectivity index (χ4v) is 1.82. The molecule has 21 heavy (non-hydrogen) atoms. The zero-order valence-electron chi connectivity index (χ0n) is 11.6. The Hall–Kier alpha value is -2.38. The zero-order valence-corrected chi connectivity index (χ0v) is 11.6. The van der Waals surface area contributed by atoms with Gasteiger partial charge in [-0.2, -0.15) is 18.3 Å². The van der Waals surface area contributed by atoms with E-state index in [0.29, 0.717) is 11.5 Å². The van der Waals surface area contributed by atoms with Crippen LogP contribution in [0, 0.1) is 0 Å². The van der Waals surface area contributed by atoms with E-state index in [9.17, 15) is 18.0 Å². The molecule has 112 valence electrons. The van der Waals surface area contributed by atoms with Crippen molar-refractivity contribution in [2.75, 3.05) is 11.9 Å². The van der Waals surface area contributed by atoms with E-state index in [1.807, 2.05) is 0 Å². The molecule has 0 N–H and O–H groups in total. The number of aryl methyl sites for hydroxylation is 1. The minimum Gasteiger partial charge on any atom is -0.300 e. The standard InChI is InChI=1S/C13H13F3N4O/c1-8(21)19(2)12-7-10(18-20(12)3)9-4-5-17-11(6-9)13(14,15)16/h4-7H,1-3H3. The number of rotatable bonds is 2. The molecule has 0 unspecified atom stereocenters. The van der Waals surface area contributed by atoms with E-state index in [2.05, 4.69) is 10.1 Å². The molecule has 0 aromatic carbocycles. The van der Waals surface area contributed by atoms with Gasteiger partial charge < -0.3 is 4.90 Å². The van der Waals surface area contributed by atoms with Crippen molar-refractivity contribution < 1.29 is 18.0 Å². The second-order valence-corrected chi connectivity index (χ2v) is 4.52. The van der Waals surface area contributed by atoms with Crippen LogP contribution in [0.5, 0.6) is 0 Å². The van der Waals surface area contributed by atoms with Crippen LogP contribution in [0.2, 0.25) is 0 Å². The van der Waals surface area contributed by atoms with Gasteiger partial charge in [-0.15, -0.1) is 0 Å². The zero-order chi connectivity index (χ0) is 15.8. The second-order valence-electron chi connectivity index (χ2n) is 4.52. The van der Waals surface area contributed by atoms with Crippen LogP contribution in [-0.4, -0.2) is 27.7 Å². The first-order valence-corrected chi connectivity index (χ1v) is 6.02. The number of pyridine rings is 1. The third-order valence-electron chi connectivity index (χ3n) is 3.02. The van der Waals surface area contributed by atoms with Crippen LogP contribution in [0.4, 0.5) is 19.0 Å². The Labute approximate surface area is 119 Å². The number of aromatic nitrogens is 3. The van der Waals surface area contributed by atoms with E-state index in [1.165, 1.54) is 22.6 Å². The number of amides is 1. The SMILES string of the molecule is CC(=O)N(C)c1cc(-c2ccnc(C(F)(F)F)c2)nn1C. The number of alkyl halides is 3. The van der Waals surface area contributed by atoms with Gasteiger partial charge in [-0.25, -0.2) is 0 Å². The van der Waals surface area contributed by atoms with Crippen molar-refractivity contribution in [2.45, 2.75) is 13.1 Å². The molecule has 5 nitrogen and oxygen atoms in total. The molecule has 0 saturated heterocycles. The maximum Gasteiger partial charge on any atom is 0.433 e. The number of anilines is 1. The number of hydrogen-bond acceptors (Lipinski definition) is 3. The van der Waals surface area contributed by atoms with Gasteiger partial charge in [0.15, 0.2) is 0 Å². The molecule has 0 aliphatic heterocycles. The normalized spacial score (nSPS) is 11.5. The fourth-order valence-electron chi connectivity index (χ4n) is 1.82. The Morgan fingerprint density at radius 1 is 1.33 bits per heavy atom. The summed E-state index contributed by atoms with van der Waals surface area (Å²) in [6.07, 6.45) is -3.43. The van der Waals surface area contributed by atoms with E-state index < -0.39 is 11.9 Å². The van der Waals surface area contributed by atoms with Gasteiger partial charge in [-0.3, -0.25) is 14.5 Å². The summed E-state index contributed by atoms with van der Waals surface area (Å²) in [7, 11) is 3.18. The molecular weight excluding hydrogens is 285 g/mol. The van der Waals surface area contributed by atoms with Gasteiger partial charge in [-0.1, -0.05) is 0 Å². The lowest BCUT2D eigenvalue weighted by Crippen LogP contribution is -2.25. The highest BCUT2D eigenvalue weighted by molar-refractivity contribution is 5.90. The quantitative estimate of drug-likeness (QED) is 0.856. The Bertz CT molecular complexity index is 678. The van der Waals surface area contributed by atoms with E-state index in [4.69, 9.17) is 0 Å². The fraction of sp³-hybridized carbons (Fsp3) is 0.308. The van der Waals surface area contributed by atoms with E-state index in [1.54, 1.807) is 20.2 Å². The molecule has 2 aromatic rings. The number of carbonyl (C=O) groups is 1. The lowest BCUT2D eigenvalue weighted by molar-refractivity contribution is -0.141. The summed E-state index contributed by atoms with van der Waals surface area (Å²) in [4.78, 5) is 16.0. The average molecular weight is 298 g/mol. The van der Waals surface area contributed by atoms with Crippen molar-refractivity contribution >= 4 is 11.7 Å². The molecule has 0 aliphatic rings. The summed E-state index contributed by atoms with van der Waals surface area (Å²) < 4.78 is 39.4. The summed E-state index contributed by atoms with van der Waals surface area (Å²) in [5.41, 5.74) is -0.350. The van der Waals surface area contributed by atoms with Gasteiger partial charge in [0.25, 0.3) is 0 Å². The molecule has 0 atom stereocenters. The Kier molecular flexibility index (Phi) is 3.71. The van der Waals surface area contributed by atoms with Crippen molar-refractivity contribution in [3.8, 4) is 11.3 Å². The average Bonchev–Trinajstić information content (AvgIpc) is 2.79. The first kappa shape index (κ1) is 15.0. The van der Waals surface area contributed by atoms with E-state index in [-0.39, 0.29) is 11.5 Å². The lowest BCUT2D eigenvalue weighted by atomic mass is 10.1. The van der Waals surface area contributed by atoms with Gasteiger partial charge in [0, 0.05) is 38.8 Å². The first-order valence-electron chi connectivity index (χ1n) is 6.02. The minimum atomic E-state index is -4.51. The van der Waals surface area contributed by atoms with Gasteiger partial charge in [0.05, 0.1) is 5.69 Å². The highest BCUT2D eigenvalue weighted by atomic mass is 19.4. The van der Waals surface area contributed by atoms with Gasteiger partial charge in [0.2, 0.25) is 5.91 Å². The van der Waals surface area contributed by atoms with Crippen molar-refractivity contribution in [1.29, 1.82) is 0 Å². The minimum absolute atomic E-state index is 0.199. The highest BCUT2D eigenvalue weighted by Crippen LogP contribution is 2.31. The molecule has 2 rings (SSSR count). The van der Waals surface area contributed by atoms with Crippen LogP contribution in [0.1, 0.15) is 12.6 Å². The third kappa shape index (κ3) is 3.04. The molecule has 1 amide bonds. The summed E-state index contributed by atoms with van der Waals surface area (Å²) in [6.45, 7) is 1.39. The molecule has 0 aliphatic carbocycles. The number of halogens is 3. The number of nitrogens with zero attached hydrogens (tertiary/aromatic N) is 4. The van der Waals surface area contributed by atoms with Crippen LogP contribution in [-0.2, 0) is 18.0 Å². The largest absolute Gasteiger partial charge is 0.433 e. The summed E-state index contributed by atoms with van der Waals surface area (Å²) in [5.74, 6) is 0.290. The molecule has 0 spiro atoms. The highest BCUT2D eigenvalue weighted by Gasteiger charge is 2.32. The maximum absolute atomic E-state index is 12.7. The second kappa shape index (κ2) is 5.19. The van der Waals surface area contributed by atoms with Gasteiger partial charge >= 0.3 is 6.18 Å². The van der Waals surface area contributed by atoms with Gasteiger partial charge in [0.1, 0.15) is 11.5 Å². The first-order chi connectivity index (χ1) is 9.70. The molecule has 8 heteroatoms. The number of hydrogen-bond donors (Lipinski definition) is 0. The molecule has 2 heterocycles. The van der Waals surface area contributed by atoms with Crippen molar-refractivity contribution in [3.05, 3.63) is 30.1 Å². The van der Waals surface area contributed by atoms with Crippen LogP contribution in [0.25, 0.3) is 11.3 Å². The third-order valence-corrected chi connectivity index (χ3v) is 3.02. The predicted molar refractivity (Wildman–Crippen MR) is 70.5 cm³/mol. The van der Waals surface area contributed by atoms with Crippen LogP contribution in [0.3, 0.4) is 0 Å². The predicted octanol–water partition coefficient (Wildman–Crippen LogP) is 2.48. The molecule has 0 radical (unpaired) electrons. The van der Waals surface area contributed by atoms with Crippen molar-refractivity contribution in [1.82, 2.24) is 14.8 Å². The summed E-state index contributed by atoms with van der Waals surface area (Å²) in [5, 5.41) is 4.14. The smallest absolute Gasteiger partial charge is 0.300 e. The summed E-state index contributed by atoms with van der Waals surface area (Å²) >= 11 is 0. The van der Waals surface area contributed by atoms with E-state index in [0.717, 1.165) is 12.3 Å². The molecular formula is C13H13F3N4O. The molecule has 0 fully saturated rings. The monoisotopic (exact) mass is 298 g/mol. The molecule has 0 bridgehead atoms. The summed E-state index contributed by atoms with van der Waals surface area (Å²) in [6, 6.07) is 3.92. The molecule has 0 saturated carbocycles. The van der Waals surface area contributed by atoms with E-state index >= 15 is 0 Å². The van der Waals surface area contributed by atoms with Gasteiger partial charge in [-0.05, 0) is 12.1 Å². The maximum atomic E-state index is 12.7. The Morgan fingerprint density at radius 2 is 2.00 bits per heavy atom. The van der Waals surface area contributed by atoms with Crippen molar-refractivity contribution in [2.24, 2.45) is 7.05 Å². The van der Waals surface area contributed by atoms with Crippen molar-refractivity contribution in [3.63, 3.8) is 0 Å². The topological polar surface area (TPSA) is 51.0 Å². The Morgan fingerprint density at radius 3 is 2.57 bits per heavy atom. The molecule has 2 aromatic heterocycles. The number of carbonyl (C=O) groups excluding carboxylic acids is 1. The Balaban J connectivity index is 2.44. The van der Waals surface area contributed by atoms with Crippen LogP contribution >= 0.6 is 0 Å². The van der Waals surface area contributed by atoms with Crippen LogP contribution < -0.4 is 4.90 Å². The van der Waals surface area contributed by atoms with Crippen LogP contribution in [0.15, 0.2) is 24.4 Å². The lowest BCUT2D eigenvalue weighted by Gasteiger charge is -2.13.